The third kappa shape index (κ3) is 4.43. The molecule has 11 aromatic rings. The molecule has 2 aromatic heterocycles. The maximum atomic E-state index is 9.81. The summed E-state index contributed by atoms with van der Waals surface area (Å²) in [5.41, 5.74) is 12.1. The fraction of sp³-hybridized carbons (Fsp3) is 0. The highest BCUT2D eigenvalue weighted by Gasteiger charge is 2.18. The molecule has 0 spiro atoms. The molecule has 11 rings (SSSR count). The zero-order chi connectivity index (χ0) is 35.0. The van der Waals surface area contributed by atoms with Gasteiger partial charge in [0.25, 0.3) is 0 Å². The Balaban J connectivity index is 1.08. The Morgan fingerprint density at radius 2 is 1.04 bits per heavy atom. The second-order valence-electron chi connectivity index (χ2n) is 13.9. The van der Waals surface area contributed by atoms with Crippen molar-refractivity contribution < 1.29 is 0 Å². The molecular weight excluding hydrogens is 643 g/mol. The molecule has 0 saturated carbocycles. The summed E-state index contributed by atoms with van der Waals surface area (Å²) in [4.78, 5) is 4.69. The summed E-state index contributed by atoms with van der Waals surface area (Å²) < 4.78 is 2.30. The highest BCUT2D eigenvalue weighted by atomic mass is 15.0. The summed E-state index contributed by atoms with van der Waals surface area (Å²) in [5, 5.41) is 20.7. The van der Waals surface area contributed by atoms with Crippen molar-refractivity contribution >= 4 is 65.0 Å². The van der Waals surface area contributed by atoms with E-state index in [4.69, 9.17) is 4.98 Å². The first-order chi connectivity index (χ1) is 26.2. The van der Waals surface area contributed by atoms with Gasteiger partial charge in [0.2, 0.25) is 0 Å². The second kappa shape index (κ2) is 11.4. The minimum atomic E-state index is 0.661. The standard InChI is InChI=1S/C50H29N3/c51-30-31-11-25-46-44(28-31)45-29-37(20-26-47(45)53(46)38-8-2-1-3-9-38)40-22-17-35-18-23-42-39(21-16-34-19-24-43(40)49(35)48(34)42)32-12-14-33(15-13-32)41-10-4-6-36-7-5-27-52-50(36)41/h1-29H. The van der Waals surface area contributed by atoms with Gasteiger partial charge in [-0.1, -0.05) is 121 Å². The lowest BCUT2D eigenvalue weighted by molar-refractivity contribution is 1.18. The van der Waals surface area contributed by atoms with E-state index in [2.05, 4.69) is 156 Å². The lowest BCUT2D eigenvalue weighted by Crippen LogP contribution is -1.93. The van der Waals surface area contributed by atoms with Crippen LogP contribution in [0.25, 0.3) is 104 Å². The molecule has 0 N–H and O–H groups in total. The van der Waals surface area contributed by atoms with E-state index in [1.54, 1.807) is 0 Å². The lowest BCUT2D eigenvalue weighted by Gasteiger charge is -2.17. The van der Waals surface area contributed by atoms with Gasteiger partial charge in [0.15, 0.2) is 0 Å². The second-order valence-corrected chi connectivity index (χ2v) is 13.9. The van der Waals surface area contributed by atoms with Crippen LogP contribution in [-0.2, 0) is 0 Å². The Kier molecular flexibility index (Phi) is 6.32. The van der Waals surface area contributed by atoms with Gasteiger partial charge in [0, 0.05) is 33.6 Å². The van der Waals surface area contributed by atoms with E-state index in [0.717, 1.165) is 55.1 Å². The van der Waals surface area contributed by atoms with E-state index >= 15 is 0 Å². The van der Waals surface area contributed by atoms with Crippen molar-refractivity contribution in [3.05, 3.63) is 182 Å². The molecule has 0 amide bonds. The molecule has 53 heavy (non-hydrogen) atoms. The van der Waals surface area contributed by atoms with Crippen molar-refractivity contribution in [2.45, 2.75) is 0 Å². The van der Waals surface area contributed by atoms with Gasteiger partial charge in [-0.2, -0.15) is 5.26 Å². The molecular formula is C50H29N3. The number of hydrogen-bond donors (Lipinski definition) is 0. The molecule has 0 fully saturated rings. The number of pyridine rings is 1. The van der Waals surface area contributed by atoms with E-state index in [1.165, 1.54) is 49.0 Å². The normalized spacial score (nSPS) is 11.8. The molecule has 0 radical (unpaired) electrons. The molecule has 0 aliphatic heterocycles. The van der Waals surface area contributed by atoms with Gasteiger partial charge >= 0.3 is 0 Å². The quantitative estimate of drug-likeness (QED) is 0.175. The number of nitrogens with zero attached hydrogens (tertiary/aromatic N) is 3. The van der Waals surface area contributed by atoms with Gasteiger partial charge in [-0.15, -0.1) is 0 Å². The summed E-state index contributed by atoms with van der Waals surface area (Å²) in [6, 6.07) is 63.2. The predicted octanol–water partition coefficient (Wildman–Crippen LogP) is 13.1. The number of benzene rings is 9. The third-order valence-electron chi connectivity index (χ3n) is 11.0. The summed E-state index contributed by atoms with van der Waals surface area (Å²) in [6.45, 7) is 0. The van der Waals surface area contributed by atoms with E-state index in [9.17, 15) is 5.26 Å². The van der Waals surface area contributed by atoms with Gasteiger partial charge in [-0.25, -0.2) is 0 Å². The van der Waals surface area contributed by atoms with E-state index in [1.807, 2.05) is 30.5 Å². The lowest BCUT2D eigenvalue weighted by atomic mass is 9.87. The van der Waals surface area contributed by atoms with Crippen LogP contribution in [-0.4, -0.2) is 9.55 Å². The number of rotatable bonds is 4. The van der Waals surface area contributed by atoms with Gasteiger partial charge in [0.1, 0.15) is 0 Å². The van der Waals surface area contributed by atoms with Gasteiger partial charge in [-0.3, -0.25) is 4.98 Å². The van der Waals surface area contributed by atoms with Crippen molar-refractivity contribution in [3.63, 3.8) is 0 Å². The average Bonchev–Trinajstić information content (AvgIpc) is 3.55. The molecule has 0 saturated heterocycles. The zero-order valence-electron chi connectivity index (χ0n) is 28.6. The number of fused-ring (bicyclic) bond motifs is 4. The summed E-state index contributed by atoms with van der Waals surface area (Å²) in [5.74, 6) is 0. The molecule has 2 heterocycles. The molecule has 244 valence electrons. The Morgan fingerprint density at radius 1 is 0.434 bits per heavy atom. The van der Waals surface area contributed by atoms with Crippen LogP contribution in [0.1, 0.15) is 5.56 Å². The number of hydrogen-bond acceptors (Lipinski definition) is 2. The van der Waals surface area contributed by atoms with Crippen molar-refractivity contribution in [3.8, 4) is 45.1 Å². The third-order valence-corrected chi connectivity index (χ3v) is 11.0. The molecule has 3 heteroatoms. The van der Waals surface area contributed by atoms with Crippen molar-refractivity contribution in [2.24, 2.45) is 0 Å². The number of para-hydroxylation sites is 2. The Hall–Kier alpha value is -7.28. The molecule has 0 aliphatic carbocycles. The molecule has 9 aromatic carbocycles. The number of nitriles is 1. The Morgan fingerprint density at radius 3 is 1.75 bits per heavy atom. The highest BCUT2D eigenvalue weighted by molar-refractivity contribution is 6.28. The minimum Gasteiger partial charge on any atom is -0.309 e. The number of aromatic nitrogens is 2. The SMILES string of the molecule is N#Cc1ccc2c(c1)c1cc(-c3ccc4ccc5c(-c6ccc(-c7cccc8cccnc78)cc6)ccc6ccc3c4c65)ccc1n2-c1ccccc1. The van der Waals surface area contributed by atoms with Crippen LogP contribution in [0, 0.1) is 11.3 Å². The Labute approximate surface area is 305 Å². The summed E-state index contributed by atoms with van der Waals surface area (Å²) >= 11 is 0. The molecule has 3 nitrogen and oxygen atoms in total. The van der Waals surface area contributed by atoms with Crippen LogP contribution < -0.4 is 0 Å². The molecule has 0 atom stereocenters. The maximum Gasteiger partial charge on any atom is 0.0991 e. The van der Waals surface area contributed by atoms with Crippen LogP contribution in [0.5, 0.6) is 0 Å². The fourth-order valence-corrected chi connectivity index (χ4v) is 8.59. The smallest absolute Gasteiger partial charge is 0.0991 e. The minimum absolute atomic E-state index is 0.661. The first-order valence-corrected chi connectivity index (χ1v) is 17.9. The van der Waals surface area contributed by atoms with Gasteiger partial charge < -0.3 is 4.57 Å². The van der Waals surface area contributed by atoms with Crippen molar-refractivity contribution in [1.82, 2.24) is 9.55 Å². The molecule has 0 bridgehead atoms. The van der Waals surface area contributed by atoms with Crippen molar-refractivity contribution in [2.75, 3.05) is 0 Å². The fourth-order valence-electron chi connectivity index (χ4n) is 8.59. The first kappa shape index (κ1) is 29.5. The van der Waals surface area contributed by atoms with Crippen LogP contribution in [0.2, 0.25) is 0 Å². The van der Waals surface area contributed by atoms with E-state index < -0.39 is 0 Å². The molecule has 0 aliphatic rings. The van der Waals surface area contributed by atoms with Crippen molar-refractivity contribution in [1.29, 1.82) is 5.26 Å². The summed E-state index contributed by atoms with van der Waals surface area (Å²) in [6.07, 6.45) is 1.87. The topological polar surface area (TPSA) is 41.6 Å². The maximum absolute atomic E-state index is 9.81. The zero-order valence-corrected chi connectivity index (χ0v) is 28.6. The van der Waals surface area contributed by atoms with Crippen LogP contribution in [0.15, 0.2) is 176 Å². The van der Waals surface area contributed by atoms with E-state index in [0.29, 0.717) is 5.56 Å². The monoisotopic (exact) mass is 671 g/mol. The Bertz CT molecular complexity index is 3270. The van der Waals surface area contributed by atoms with Gasteiger partial charge in [-0.05, 0) is 109 Å². The predicted molar refractivity (Wildman–Crippen MR) is 221 cm³/mol. The molecule has 0 unspecified atom stereocenters. The van der Waals surface area contributed by atoms with Crippen LogP contribution in [0.3, 0.4) is 0 Å². The van der Waals surface area contributed by atoms with Gasteiger partial charge in [0.05, 0.1) is 28.2 Å². The summed E-state index contributed by atoms with van der Waals surface area (Å²) in [7, 11) is 0. The van der Waals surface area contributed by atoms with E-state index in [-0.39, 0.29) is 0 Å². The first-order valence-electron chi connectivity index (χ1n) is 17.9. The highest BCUT2D eigenvalue weighted by Crippen LogP contribution is 2.44. The van der Waals surface area contributed by atoms with Crippen LogP contribution >= 0.6 is 0 Å². The average molecular weight is 672 g/mol. The van der Waals surface area contributed by atoms with Crippen LogP contribution in [0.4, 0.5) is 0 Å². The largest absolute Gasteiger partial charge is 0.309 e.